The van der Waals surface area contributed by atoms with Crippen LogP contribution in [0, 0.1) is 5.92 Å². The number of hydrogen-bond acceptors (Lipinski definition) is 4. The van der Waals surface area contributed by atoms with Crippen molar-refractivity contribution in [2.24, 2.45) is 16.6 Å². The molecule has 0 fully saturated rings. The van der Waals surface area contributed by atoms with Gasteiger partial charge in [0.05, 0.1) is 6.61 Å². The molecular formula is C16H22N2O3. The first-order valence-electron chi connectivity index (χ1n) is 6.93. The molecule has 1 aromatic carbocycles. The van der Waals surface area contributed by atoms with Crippen molar-refractivity contribution in [2.45, 2.75) is 20.8 Å². The zero-order valence-corrected chi connectivity index (χ0v) is 12.7. The van der Waals surface area contributed by atoms with E-state index in [-0.39, 0.29) is 23.8 Å². The van der Waals surface area contributed by atoms with E-state index in [4.69, 9.17) is 10.5 Å². The van der Waals surface area contributed by atoms with Crippen LogP contribution in [0.1, 0.15) is 26.3 Å². The van der Waals surface area contributed by atoms with E-state index in [1.165, 1.54) is 0 Å². The normalized spacial score (nSPS) is 13.0. The second-order valence-electron chi connectivity index (χ2n) is 4.93. The van der Waals surface area contributed by atoms with Crippen molar-refractivity contribution < 1.29 is 14.6 Å². The maximum Gasteiger partial charge on any atom is 0.345 e. The number of rotatable bonds is 6. The minimum Gasteiger partial charge on any atom is -0.506 e. The molecule has 0 saturated heterocycles. The number of nitrogens with two attached hydrogens (primary N) is 1. The summed E-state index contributed by atoms with van der Waals surface area (Å²) in [5, 5.41) is 10.3. The number of hydrogen-bond donors (Lipinski definition) is 2. The molecule has 3 N–H and O–H groups in total. The Labute approximate surface area is 125 Å². The van der Waals surface area contributed by atoms with Crippen LogP contribution in [0.2, 0.25) is 0 Å². The van der Waals surface area contributed by atoms with Gasteiger partial charge >= 0.3 is 5.97 Å². The van der Waals surface area contributed by atoms with E-state index in [1.54, 1.807) is 31.2 Å². The molecule has 21 heavy (non-hydrogen) atoms. The summed E-state index contributed by atoms with van der Waals surface area (Å²) in [6.07, 6.45) is 0. The molecule has 1 aromatic rings. The van der Waals surface area contributed by atoms with E-state index in [2.05, 4.69) is 4.99 Å². The Kier molecular flexibility index (Phi) is 6.46. The Morgan fingerprint density at radius 1 is 1.33 bits per heavy atom. The van der Waals surface area contributed by atoms with Crippen molar-refractivity contribution >= 4 is 17.6 Å². The van der Waals surface area contributed by atoms with Crippen LogP contribution in [0.4, 0.5) is 0 Å². The average Bonchev–Trinajstić information content (AvgIpc) is 2.46. The van der Waals surface area contributed by atoms with Gasteiger partial charge in [0.25, 0.3) is 0 Å². The number of esters is 1. The fourth-order valence-electron chi connectivity index (χ4n) is 1.63. The van der Waals surface area contributed by atoms with Gasteiger partial charge in [-0.3, -0.25) is 4.99 Å². The predicted molar refractivity (Wildman–Crippen MR) is 84.0 cm³/mol. The van der Waals surface area contributed by atoms with Gasteiger partial charge in [0.2, 0.25) is 0 Å². The van der Waals surface area contributed by atoms with Gasteiger partial charge in [-0.15, -0.1) is 0 Å². The number of aliphatic hydroxyl groups excluding tert-OH is 1. The monoisotopic (exact) mass is 290 g/mol. The number of aliphatic hydroxyl groups is 1. The van der Waals surface area contributed by atoms with Gasteiger partial charge < -0.3 is 15.6 Å². The SMILES string of the molecule is CCOC(=O)/C(C(N)=NCC(C)C)=C(\O)c1ccccc1. The van der Waals surface area contributed by atoms with Crippen molar-refractivity contribution in [3.05, 3.63) is 41.5 Å². The van der Waals surface area contributed by atoms with Crippen LogP contribution in [-0.4, -0.2) is 30.1 Å². The highest BCUT2D eigenvalue weighted by Crippen LogP contribution is 2.17. The molecule has 1 rings (SSSR count). The number of nitrogens with zero attached hydrogens (tertiary/aromatic N) is 1. The molecule has 0 aliphatic rings. The quantitative estimate of drug-likeness (QED) is 0.277. The van der Waals surface area contributed by atoms with Crippen LogP contribution in [0.25, 0.3) is 5.76 Å². The van der Waals surface area contributed by atoms with Crippen LogP contribution in [0.15, 0.2) is 40.9 Å². The summed E-state index contributed by atoms with van der Waals surface area (Å²) in [6.45, 7) is 6.33. The molecule has 0 aliphatic carbocycles. The highest BCUT2D eigenvalue weighted by molar-refractivity contribution is 6.22. The van der Waals surface area contributed by atoms with Gasteiger partial charge in [0, 0.05) is 12.1 Å². The van der Waals surface area contributed by atoms with Crippen molar-refractivity contribution in [2.75, 3.05) is 13.2 Å². The van der Waals surface area contributed by atoms with Crippen LogP contribution in [0.5, 0.6) is 0 Å². The third kappa shape index (κ3) is 4.95. The van der Waals surface area contributed by atoms with Crippen molar-refractivity contribution in [1.29, 1.82) is 0 Å². The number of benzene rings is 1. The van der Waals surface area contributed by atoms with E-state index >= 15 is 0 Å². The molecule has 5 nitrogen and oxygen atoms in total. The lowest BCUT2D eigenvalue weighted by atomic mass is 10.1. The number of aliphatic imine (C=N–C) groups is 1. The topological polar surface area (TPSA) is 84.9 Å². The standard InChI is InChI=1S/C16H22N2O3/c1-4-21-16(20)13(15(17)18-10-11(2)3)14(19)12-8-6-5-7-9-12/h5-9,11,19H,4,10H2,1-3H3,(H2,17,18)/b14-13-. The van der Waals surface area contributed by atoms with Gasteiger partial charge in [-0.2, -0.15) is 0 Å². The Hall–Kier alpha value is -2.30. The van der Waals surface area contributed by atoms with E-state index in [0.29, 0.717) is 18.0 Å². The molecule has 114 valence electrons. The van der Waals surface area contributed by atoms with E-state index in [0.717, 1.165) is 0 Å². The zero-order valence-electron chi connectivity index (χ0n) is 12.7. The molecule has 0 amide bonds. The van der Waals surface area contributed by atoms with Crippen molar-refractivity contribution in [1.82, 2.24) is 0 Å². The molecule has 0 atom stereocenters. The van der Waals surface area contributed by atoms with Crippen LogP contribution in [0.3, 0.4) is 0 Å². The summed E-state index contributed by atoms with van der Waals surface area (Å²) in [4.78, 5) is 16.2. The Bertz CT molecular complexity index is 534. The highest BCUT2D eigenvalue weighted by atomic mass is 16.5. The van der Waals surface area contributed by atoms with E-state index in [1.807, 2.05) is 19.9 Å². The molecule has 5 heteroatoms. The summed E-state index contributed by atoms with van der Waals surface area (Å²) in [6, 6.07) is 8.71. The predicted octanol–water partition coefficient (Wildman–Crippen LogP) is 2.53. The zero-order chi connectivity index (χ0) is 15.8. The van der Waals surface area contributed by atoms with Gasteiger partial charge in [-0.25, -0.2) is 4.79 Å². The van der Waals surface area contributed by atoms with E-state index in [9.17, 15) is 9.90 Å². The maximum absolute atomic E-state index is 12.0. The summed E-state index contributed by atoms with van der Waals surface area (Å²) in [5.74, 6) is -0.614. The van der Waals surface area contributed by atoms with Crippen molar-refractivity contribution in [3.8, 4) is 0 Å². The molecule has 0 saturated carbocycles. The third-order valence-corrected chi connectivity index (χ3v) is 2.65. The smallest absolute Gasteiger partial charge is 0.345 e. The van der Waals surface area contributed by atoms with Gasteiger partial charge in [0.15, 0.2) is 0 Å². The molecule has 0 unspecified atom stereocenters. The molecule has 0 spiro atoms. The van der Waals surface area contributed by atoms with Gasteiger partial charge in [-0.1, -0.05) is 44.2 Å². The first-order valence-corrected chi connectivity index (χ1v) is 6.93. The molecule has 0 aliphatic heterocycles. The van der Waals surface area contributed by atoms with Gasteiger partial charge in [0.1, 0.15) is 17.2 Å². The van der Waals surface area contributed by atoms with Crippen LogP contribution in [-0.2, 0) is 9.53 Å². The number of amidine groups is 1. The lowest BCUT2D eigenvalue weighted by molar-refractivity contribution is -0.137. The van der Waals surface area contributed by atoms with Crippen LogP contribution < -0.4 is 5.73 Å². The summed E-state index contributed by atoms with van der Waals surface area (Å²) in [5.41, 5.74) is 6.26. The Morgan fingerprint density at radius 2 is 1.95 bits per heavy atom. The molecule has 0 aromatic heterocycles. The summed E-state index contributed by atoms with van der Waals surface area (Å²) >= 11 is 0. The number of ether oxygens (including phenoxy) is 1. The molecule has 0 heterocycles. The lowest BCUT2D eigenvalue weighted by Crippen LogP contribution is -2.25. The number of carbonyl (C=O) groups is 1. The largest absolute Gasteiger partial charge is 0.506 e. The minimum atomic E-state index is -0.677. The second-order valence-corrected chi connectivity index (χ2v) is 4.93. The molecular weight excluding hydrogens is 268 g/mol. The summed E-state index contributed by atoms with van der Waals surface area (Å²) in [7, 11) is 0. The van der Waals surface area contributed by atoms with Crippen molar-refractivity contribution in [3.63, 3.8) is 0 Å². The van der Waals surface area contributed by atoms with Crippen LogP contribution >= 0.6 is 0 Å². The average molecular weight is 290 g/mol. The summed E-state index contributed by atoms with van der Waals surface area (Å²) < 4.78 is 4.96. The minimum absolute atomic E-state index is 0.0106. The highest BCUT2D eigenvalue weighted by Gasteiger charge is 2.21. The first-order chi connectivity index (χ1) is 9.97. The molecule has 0 radical (unpaired) electrons. The van der Waals surface area contributed by atoms with E-state index < -0.39 is 5.97 Å². The fraction of sp³-hybridized carbons (Fsp3) is 0.375. The lowest BCUT2D eigenvalue weighted by Gasteiger charge is -2.11. The molecule has 0 bridgehead atoms. The fourth-order valence-corrected chi connectivity index (χ4v) is 1.63. The Morgan fingerprint density at radius 3 is 2.48 bits per heavy atom. The second kappa shape index (κ2) is 8.09. The van der Waals surface area contributed by atoms with Gasteiger partial charge in [-0.05, 0) is 12.8 Å². The Balaban J connectivity index is 3.25. The third-order valence-electron chi connectivity index (χ3n) is 2.65. The number of carbonyl (C=O) groups excluding carboxylic acids is 1. The first kappa shape index (κ1) is 16.8. The maximum atomic E-state index is 12.0.